The van der Waals surface area contributed by atoms with Gasteiger partial charge in [-0.05, 0) is 43.2 Å². The highest BCUT2D eigenvalue weighted by atomic mass is 35.5. The van der Waals surface area contributed by atoms with E-state index in [1.165, 1.54) is 13.2 Å². The molecule has 0 spiro atoms. The Morgan fingerprint density at radius 2 is 2.03 bits per heavy atom. The van der Waals surface area contributed by atoms with Gasteiger partial charge in [-0.25, -0.2) is 0 Å². The van der Waals surface area contributed by atoms with Gasteiger partial charge in [-0.3, -0.25) is 9.59 Å². The van der Waals surface area contributed by atoms with Crippen molar-refractivity contribution in [1.29, 1.82) is 5.26 Å². The van der Waals surface area contributed by atoms with Crippen molar-refractivity contribution in [3.63, 3.8) is 0 Å². The molecule has 2 amide bonds. The van der Waals surface area contributed by atoms with Gasteiger partial charge in [0.25, 0.3) is 5.89 Å². The molecule has 1 aromatic carbocycles. The van der Waals surface area contributed by atoms with E-state index in [9.17, 15) is 14.9 Å². The molecule has 0 radical (unpaired) electrons. The van der Waals surface area contributed by atoms with Crippen LogP contribution in [0.4, 0.5) is 17.3 Å². The molecule has 0 unspecified atom stereocenters. The molecule has 0 bridgehead atoms. The third-order valence-corrected chi connectivity index (χ3v) is 5.47. The second-order valence-electron chi connectivity index (χ2n) is 7.39. The van der Waals surface area contributed by atoms with E-state index in [1.54, 1.807) is 30.3 Å². The van der Waals surface area contributed by atoms with Crippen LogP contribution in [0.3, 0.4) is 0 Å². The van der Waals surface area contributed by atoms with Crippen LogP contribution < -0.4 is 15.5 Å². The molecule has 1 saturated heterocycles. The molecule has 1 fully saturated rings. The number of anilines is 3. The Balaban J connectivity index is 1.41. The van der Waals surface area contributed by atoms with Gasteiger partial charge < -0.3 is 24.4 Å². The van der Waals surface area contributed by atoms with E-state index in [0.29, 0.717) is 54.0 Å². The van der Waals surface area contributed by atoms with E-state index in [2.05, 4.69) is 21.7 Å². The molecule has 164 valence electrons. The molecule has 4 rings (SSSR count). The summed E-state index contributed by atoms with van der Waals surface area (Å²) in [4.78, 5) is 30.2. The molecule has 1 aliphatic heterocycles. The summed E-state index contributed by atoms with van der Waals surface area (Å²) >= 11 is 6.20. The number of oxazole rings is 1. The molecule has 2 N–H and O–H groups in total. The number of nitriles is 1. The van der Waals surface area contributed by atoms with E-state index in [1.807, 2.05) is 4.90 Å². The van der Waals surface area contributed by atoms with E-state index >= 15 is 0 Å². The van der Waals surface area contributed by atoms with Gasteiger partial charge in [-0.1, -0.05) is 11.6 Å². The maximum Gasteiger partial charge on any atom is 0.266 e. The van der Waals surface area contributed by atoms with Crippen LogP contribution in [0.15, 0.2) is 45.4 Å². The molecule has 32 heavy (non-hydrogen) atoms. The van der Waals surface area contributed by atoms with Gasteiger partial charge in [-0.2, -0.15) is 10.2 Å². The summed E-state index contributed by atoms with van der Waals surface area (Å²) in [7, 11) is 0. The first-order valence-electron chi connectivity index (χ1n) is 10.0. The Bertz CT molecular complexity index is 1170. The molecule has 3 aromatic rings. The van der Waals surface area contributed by atoms with E-state index in [4.69, 9.17) is 20.4 Å². The Morgan fingerprint density at radius 3 is 2.69 bits per heavy atom. The largest absolute Gasteiger partial charge is 0.459 e. The minimum atomic E-state index is -0.232. The Morgan fingerprint density at radius 1 is 1.25 bits per heavy atom. The molecule has 0 aliphatic carbocycles. The number of hydrogen-bond donors (Lipinski definition) is 2. The van der Waals surface area contributed by atoms with Crippen LogP contribution in [0.1, 0.15) is 25.5 Å². The summed E-state index contributed by atoms with van der Waals surface area (Å²) in [6.45, 7) is 2.46. The number of amides is 2. The molecule has 2 aromatic heterocycles. The average Bonchev–Trinajstić information content (AvgIpc) is 3.45. The molecule has 10 heteroatoms. The van der Waals surface area contributed by atoms with Crippen molar-refractivity contribution in [3.8, 4) is 17.7 Å². The van der Waals surface area contributed by atoms with Crippen LogP contribution in [-0.4, -0.2) is 29.9 Å². The summed E-state index contributed by atoms with van der Waals surface area (Å²) < 4.78 is 11.1. The minimum Gasteiger partial charge on any atom is -0.459 e. The Labute approximate surface area is 189 Å². The number of halogens is 1. The molecule has 9 nitrogen and oxygen atoms in total. The lowest BCUT2D eigenvalue weighted by Gasteiger charge is -2.31. The van der Waals surface area contributed by atoms with Crippen LogP contribution in [0.5, 0.6) is 0 Å². The second kappa shape index (κ2) is 9.16. The first-order chi connectivity index (χ1) is 15.4. The van der Waals surface area contributed by atoms with Crippen LogP contribution in [0.2, 0.25) is 5.02 Å². The molecule has 0 atom stereocenters. The highest BCUT2D eigenvalue weighted by Crippen LogP contribution is 2.32. The van der Waals surface area contributed by atoms with Crippen LogP contribution in [-0.2, 0) is 9.59 Å². The highest BCUT2D eigenvalue weighted by molar-refractivity contribution is 6.33. The first-order valence-corrected chi connectivity index (χ1v) is 10.4. The molecule has 3 heterocycles. The SMILES string of the molecule is CC(=O)Nc1ccc(Cl)c(NC(=O)C2CCN(c3oc(-c4ccco4)nc3C#N)CC2)c1. The maximum absolute atomic E-state index is 12.8. The fraction of sp³-hybridized carbons (Fsp3) is 0.273. The lowest BCUT2D eigenvalue weighted by atomic mass is 9.95. The number of rotatable bonds is 5. The minimum absolute atomic E-state index is 0.152. The van der Waals surface area contributed by atoms with Crippen molar-refractivity contribution in [2.24, 2.45) is 5.92 Å². The zero-order valence-corrected chi connectivity index (χ0v) is 18.0. The standard InChI is InChI=1S/C22H20ClN5O4/c1-13(29)25-15-4-5-16(23)17(11-15)26-20(30)14-6-8-28(9-7-14)22-18(12-24)27-21(32-22)19-3-2-10-31-19/h2-5,10-11,14H,6-9H2,1H3,(H,25,29)(H,26,30). The van der Waals surface area contributed by atoms with E-state index < -0.39 is 0 Å². The summed E-state index contributed by atoms with van der Waals surface area (Å²) in [5.74, 6) is 0.473. The highest BCUT2D eigenvalue weighted by Gasteiger charge is 2.29. The van der Waals surface area contributed by atoms with Crippen LogP contribution >= 0.6 is 11.6 Å². The summed E-state index contributed by atoms with van der Waals surface area (Å²) in [6.07, 6.45) is 2.64. The number of nitrogens with one attached hydrogen (secondary N) is 2. The number of nitrogens with zero attached hydrogens (tertiary/aromatic N) is 3. The van der Waals surface area contributed by atoms with Gasteiger partial charge in [-0.15, -0.1) is 0 Å². The Hall–Kier alpha value is -3.77. The summed E-state index contributed by atoms with van der Waals surface area (Å²) in [6, 6.07) is 10.4. The van der Waals surface area contributed by atoms with Crippen molar-refractivity contribution in [2.75, 3.05) is 28.6 Å². The number of carbonyl (C=O) groups is 2. The quantitative estimate of drug-likeness (QED) is 0.590. The Kier molecular flexibility index (Phi) is 6.14. The van der Waals surface area contributed by atoms with Crippen molar-refractivity contribution >= 4 is 40.7 Å². The smallest absolute Gasteiger partial charge is 0.266 e. The van der Waals surface area contributed by atoms with E-state index in [-0.39, 0.29) is 29.3 Å². The number of furan rings is 1. The lowest BCUT2D eigenvalue weighted by Crippen LogP contribution is -2.38. The van der Waals surface area contributed by atoms with Gasteiger partial charge in [0, 0.05) is 31.6 Å². The first kappa shape index (κ1) is 21.5. The predicted molar refractivity (Wildman–Crippen MR) is 118 cm³/mol. The third kappa shape index (κ3) is 4.60. The number of benzene rings is 1. The topological polar surface area (TPSA) is 124 Å². The maximum atomic E-state index is 12.8. The van der Waals surface area contributed by atoms with Gasteiger partial charge in [0.15, 0.2) is 5.76 Å². The lowest BCUT2D eigenvalue weighted by molar-refractivity contribution is -0.120. The number of hydrogen-bond acceptors (Lipinski definition) is 7. The molecule has 1 aliphatic rings. The third-order valence-electron chi connectivity index (χ3n) is 5.14. The monoisotopic (exact) mass is 453 g/mol. The van der Waals surface area contributed by atoms with Crippen molar-refractivity contribution in [1.82, 2.24) is 4.98 Å². The number of aromatic nitrogens is 1. The van der Waals surface area contributed by atoms with Crippen molar-refractivity contribution in [2.45, 2.75) is 19.8 Å². The van der Waals surface area contributed by atoms with Gasteiger partial charge in [0.1, 0.15) is 6.07 Å². The van der Waals surface area contributed by atoms with Crippen molar-refractivity contribution in [3.05, 3.63) is 47.3 Å². The fourth-order valence-corrected chi connectivity index (χ4v) is 3.75. The fourth-order valence-electron chi connectivity index (χ4n) is 3.59. The van der Waals surface area contributed by atoms with E-state index in [0.717, 1.165) is 0 Å². The van der Waals surface area contributed by atoms with Gasteiger partial charge >= 0.3 is 0 Å². The normalized spacial score (nSPS) is 14.1. The average molecular weight is 454 g/mol. The zero-order valence-electron chi connectivity index (χ0n) is 17.2. The summed E-state index contributed by atoms with van der Waals surface area (Å²) in [5, 5.41) is 15.3. The second-order valence-corrected chi connectivity index (χ2v) is 7.80. The van der Waals surface area contributed by atoms with Crippen LogP contribution in [0, 0.1) is 17.2 Å². The number of carbonyl (C=O) groups excluding carboxylic acids is 2. The summed E-state index contributed by atoms with van der Waals surface area (Å²) in [5.41, 5.74) is 1.17. The number of piperidine rings is 1. The molecular weight excluding hydrogens is 434 g/mol. The van der Waals surface area contributed by atoms with Crippen molar-refractivity contribution < 1.29 is 18.4 Å². The molecule has 0 saturated carbocycles. The predicted octanol–water partition coefficient (Wildman–Crippen LogP) is 4.27. The zero-order chi connectivity index (χ0) is 22.7. The van der Waals surface area contributed by atoms with Crippen LogP contribution in [0.25, 0.3) is 11.7 Å². The van der Waals surface area contributed by atoms with Gasteiger partial charge in [0.05, 0.1) is 17.0 Å². The van der Waals surface area contributed by atoms with Gasteiger partial charge in [0.2, 0.25) is 23.4 Å². The molecular formula is C22H20ClN5O4.